The van der Waals surface area contributed by atoms with Gasteiger partial charge in [-0.15, -0.1) is 0 Å². The van der Waals surface area contributed by atoms with Crippen molar-refractivity contribution in [2.75, 3.05) is 20.8 Å². The van der Waals surface area contributed by atoms with Gasteiger partial charge in [0.2, 0.25) is 10.0 Å². The number of ether oxygens (including phenoxy) is 2. The molecule has 1 atom stereocenters. The molecule has 1 fully saturated rings. The zero-order valence-corrected chi connectivity index (χ0v) is 16.0. The summed E-state index contributed by atoms with van der Waals surface area (Å²) in [5, 5.41) is -0.221. The molecule has 0 spiro atoms. The van der Waals surface area contributed by atoms with Crippen LogP contribution in [0.15, 0.2) is 41.3 Å². The maximum atomic E-state index is 13.4. The minimum atomic E-state index is -3.83. The Kier molecular flexibility index (Phi) is 5.41. The lowest BCUT2D eigenvalue weighted by atomic mass is 10.0. The average molecular weight is 400 g/mol. The largest absolute Gasteiger partial charge is 0.497 e. The lowest BCUT2D eigenvalue weighted by Crippen LogP contribution is -2.31. The van der Waals surface area contributed by atoms with Crippen LogP contribution in [0.2, 0.25) is 5.02 Å². The fourth-order valence-electron chi connectivity index (χ4n) is 3.21. The second-order valence-corrected chi connectivity index (χ2v) is 8.26. The number of halogens is 2. The third kappa shape index (κ3) is 3.39. The summed E-state index contributed by atoms with van der Waals surface area (Å²) in [5.41, 5.74) is 0.737. The highest BCUT2D eigenvalue weighted by Gasteiger charge is 2.38. The number of benzene rings is 2. The highest BCUT2D eigenvalue weighted by molar-refractivity contribution is 7.89. The molecule has 5 nitrogen and oxygen atoms in total. The number of hydrogen-bond donors (Lipinski definition) is 0. The van der Waals surface area contributed by atoms with E-state index in [0.29, 0.717) is 30.9 Å². The van der Waals surface area contributed by atoms with Crippen molar-refractivity contribution >= 4 is 21.6 Å². The van der Waals surface area contributed by atoms with Crippen molar-refractivity contribution in [3.05, 3.63) is 52.8 Å². The molecule has 0 saturated carbocycles. The maximum Gasteiger partial charge on any atom is 0.243 e. The molecule has 0 aromatic heterocycles. The molecular weight excluding hydrogens is 381 g/mol. The fraction of sp³-hybridized carbons (Fsp3) is 0.333. The van der Waals surface area contributed by atoms with Crippen molar-refractivity contribution in [2.45, 2.75) is 23.8 Å². The molecule has 26 heavy (non-hydrogen) atoms. The van der Waals surface area contributed by atoms with Gasteiger partial charge in [-0.3, -0.25) is 0 Å². The lowest BCUT2D eigenvalue weighted by molar-refractivity contribution is 0.361. The van der Waals surface area contributed by atoms with E-state index in [1.165, 1.54) is 10.4 Å². The molecule has 0 radical (unpaired) electrons. The molecular formula is C18H19ClFNO4S. The lowest BCUT2D eigenvalue weighted by Gasteiger charge is -2.26. The monoisotopic (exact) mass is 399 g/mol. The van der Waals surface area contributed by atoms with E-state index in [4.69, 9.17) is 21.1 Å². The summed E-state index contributed by atoms with van der Waals surface area (Å²) in [6.45, 7) is 0.363. The molecule has 1 heterocycles. The maximum absolute atomic E-state index is 13.4. The van der Waals surface area contributed by atoms with Gasteiger partial charge in [0.15, 0.2) is 0 Å². The third-order valence-electron chi connectivity index (χ3n) is 4.50. The van der Waals surface area contributed by atoms with Gasteiger partial charge in [0.25, 0.3) is 0 Å². The first-order chi connectivity index (χ1) is 12.4. The van der Waals surface area contributed by atoms with Crippen molar-refractivity contribution in [1.29, 1.82) is 0 Å². The first kappa shape index (κ1) is 18.9. The minimum Gasteiger partial charge on any atom is -0.497 e. The Morgan fingerprint density at radius 1 is 1.15 bits per heavy atom. The predicted octanol–water partition coefficient (Wildman–Crippen LogP) is 4.02. The van der Waals surface area contributed by atoms with Crippen LogP contribution in [0.4, 0.5) is 4.39 Å². The molecule has 0 amide bonds. The number of nitrogens with zero attached hydrogens (tertiary/aromatic N) is 1. The van der Waals surface area contributed by atoms with Crippen molar-refractivity contribution in [2.24, 2.45) is 0 Å². The van der Waals surface area contributed by atoms with E-state index in [1.54, 1.807) is 32.4 Å². The van der Waals surface area contributed by atoms with Gasteiger partial charge in [-0.05, 0) is 49.2 Å². The zero-order valence-electron chi connectivity index (χ0n) is 14.4. The van der Waals surface area contributed by atoms with Crippen molar-refractivity contribution in [1.82, 2.24) is 4.31 Å². The van der Waals surface area contributed by atoms with E-state index in [0.717, 1.165) is 17.7 Å². The van der Waals surface area contributed by atoms with Crippen LogP contribution in [0.5, 0.6) is 11.5 Å². The molecule has 3 rings (SSSR count). The Bertz CT molecular complexity index is 919. The molecule has 1 saturated heterocycles. The number of methoxy groups -OCH3 is 2. The van der Waals surface area contributed by atoms with Crippen LogP contribution in [0.3, 0.4) is 0 Å². The molecule has 0 N–H and O–H groups in total. The van der Waals surface area contributed by atoms with Gasteiger partial charge >= 0.3 is 0 Å². The second kappa shape index (κ2) is 7.42. The number of rotatable bonds is 5. The standard InChI is InChI=1S/C18H19ClFNO4S/c1-24-12-5-8-18(25-2)14(10-12)17-4-3-9-21(17)26(22,23)13-6-7-16(20)15(19)11-13/h5-8,10-11,17H,3-4,9H2,1-2H3. The van der Waals surface area contributed by atoms with E-state index in [2.05, 4.69) is 0 Å². The molecule has 1 aliphatic rings. The van der Waals surface area contributed by atoms with Crippen molar-refractivity contribution < 1.29 is 22.3 Å². The zero-order chi connectivity index (χ0) is 18.9. The van der Waals surface area contributed by atoms with E-state index in [1.807, 2.05) is 0 Å². The normalized spacial score (nSPS) is 18.1. The Balaban J connectivity index is 2.04. The highest BCUT2D eigenvalue weighted by atomic mass is 35.5. The van der Waals surface area contributed by atoms with Crippen LogP contribution in [0.25, 0.3) is 0 Å². The summed E-state index contributed by atoms with van der Waals surface area (Å²) in [6, 6.07) is 8.34. The van der Waals surface area contributed by atoms with Gasteiger partial charge < -0.3 is 9.47 Å². The van der Waals surface area contributed by atoms with E-state index in [-0.39, 0.29) is 9.92 Å². The first-order valence-corrected chi connectivity index (χ1v) is 9.89. The van der Waals surface area contributed by atoms with E-state index in [9.17, 15) is 12.8 Å². The molecule has 1 aliphatic heterocycles. The molecule has 0 bridgehead atoms. The van der Waals surface area contributed by atoms with Gasteiger partial charge in [-0.2, -0.15) is 4.31 Å². The minimum absolute atomic E-state index is 0.0299. The van der Waals surface area contributed by atoms with Crippen LogP contribution < -0.4 is 9.47 Å². The smallest absolute Gasteiger partial charge is 0.243 e. The summed E-state index contributed by atoms with van der Waals surface area (Å²) in [7, 11) is -0.743. The van der Waals surface area contributed by atoms with Crippen LogP contribution in [0, 0.1) is 5.82 Å². The van der Waals surface area contributed by atoms with E-state index < -0.39 is 21.9 Å². The Morgan fingerprint density at radius 2 is 1.92 bits per heavy atom. The number of sulfonamides is 1. The van der Waals surface area contributed by atoms with E-state index >= 15 is 0 Å². The second-order valence-electron chi connectivity index (χ2n) is 5.96. The van der Waals surface area contributed by atoms with Gasteiger partial charge in [-0.1, -0.05) is 11.6 Å². The summed E-state index contributed by atoms with van der Waals surface area (Å²) < 4.78 is 51.7. The fourth-order valence-corrected chi connectivity index (χ4v) is 5.16. The van der Waals surface area contributed by atoms with Crippen LogP contribution in [0.1, 0.15) is 24.4 Å². The topological polar surface area (TPSA) is 55.8 Å². The van der Waals surface area contributed by atoms with Gasteiger partial charge in [0, 0.05) is 12.1 Å². The third-order valence-corrected chi connectivity index (χ3v) is 6.69. The molecule has 1 unspecified atom stereocenters. The quantitative estimate of drug-likeness (QED) is 0.761. The Hall–Kier alpha value is -1.83. The summed E-state index contributed by atoms with van der Waals surface area (Å²) in [5.74, 6) is 0.558. The van der Waals surface area contributed by atoms with Crippen LogP contribution >= 0.6 is 11.6 Å². The molecule has 2 aromatic rings. The van der Waals surface area contributed by atoms with Crippen molar-refractivity contribution in [3.63, 3.8) is 0 Å². The molecule has 8 heteroatoms. The summed E-state index contributed by atoms with van der Waals surface area (Å²) in [4.78, 5) is -0.0299. The summed E-state index contributed by atoms with van der Waals surface area (Å²) >= 11 is 5.77. The Morgan fingerprint density at radius 3 is 2.58 bits per heavy atom. The Labute approximate surface area is 157 Å². The highest BCUT2D eigenvalue weighted by Crippen LogP contribution is 2.41. The van der Waals surface area contributed by atoms with Gasteiger partial charge in [0.1, 0.15) is 17.3 Å². The molecule has 0 aliphatic carbocycles. The van der Waals surface area contributed by atoms with Gasteiger partial charge in [0.05, 0.1) is 30.2 Å². The SMILES string of the molecule is COc1ccc(OC)c(C2CCCN2S(=O)(=O)c2ccc(F)c(Cl)c2)c1. The van der Waals surface area contributed by atoms with Crippen LogP contribution in [-0.4, -0.2) is 33.5 Å². The summed E-state index contributed by atoms with van der Waals surface area (Å²) in [6.07, 6.45) is 1.36. The molecule has 2 aromatic carbocycles. The predicted molar refractivity (Wildman–Crippen MR) is 96.8 cm³/mol. The van der Waals surface area contributed by atoms with Gasteiger partial charge in [-0.25, -0.2) is 12.8 Å². The first-order valence-electron chi connectivity index (χ1n) is 8.07. The average Bonchev–Trinajstić information content (AvgIpc) is 3.13. The molecule has 140 valence electrons. The number of hydrogen-bond acceptors (Lipinski definition) is 4. The van der Waals surface area contributed by atoms with Crippen LogP contribution in [-0.2, 0) is 10.0 Å². The van der Waals surface area contributed by atoms with Crippen molar-refractivity contribution in [3.8, 4) is 11.5 Å².